The largest absolute Gasteiger partial charge is 0.493 e. The van der Waals surface area contributed by atoms with Crippen LogP contribution in [0.2, 0.25) is 0 Å². The highest BCUT2D eigenvalue weighted by atomic mass is 16.5. The summed E-state index contributed by atoms with van der Waals surface area (Å²) in [4.78, 5) is 15.0. The lowest BCUT2D eigenvalue weighted by Gasteiger charge is -2.26. The Labute approximate surface area is 144 Å². The van der Waals surface area contributed by atoms with Crippen molar-refractivity contribution in [1.29, 1.82) is 0 Å². The van der Waals surface area contributed by atoms with Gasteiger partial charge < -0.3 is 20.1 Å². The van der Waals surface area contributed by atoms with Crippen LogP contribution in [0.25, 0.3) is 0 Å². The van der Waals surface area contributed by atoms with Gasteiger partial charge in [-0.05, 0) is 61.4 Å². The minimum Gasteiger partial charge on any atom is -0.493 e. The second-order valence-electron chi connectivity index (χ2n) is 6.83. The van der Waals surface area contributed by atoms with Crippen molar-refractivity contribution < 1.29 is 14.3 Å². The Morgan fingerprint density at radius 1 is 1.12 bits per heavy atom. The molecule has 24 heavy (non-hydrogen) atoms. The molecule has 132 valence electrons. The van der Waals surface area contributed by atoms with E-state index in [1.165, 1.54) is 11.1 Å². The van der Waals surface area contributed by atoms with E-state index in [1.54, 1.807) is 14.2 Å². The predicted molar refractivity (Wildman–Crippen MR) is 93.4 cm³/mol. The summed E-state index contributed by atoms with van der Waals surface area (Å²) in [6, 6.07) is 4.11. The van der Waals surface area contributed by atoms with E-state index in [-0.39, 0.29) is 5.92 Å². The van der Waals surface area contributed by atoms with Gasteiger partial charge in [-0.15, -0.1) is 0 Å². The Morgan fingerprint density at radius 3 is 2.21 bits per heavy atom. The summed E-state index contributed by atoms with van der Waals surface area (Å²) in [6.07, 6.45) is 4.94. The SMILES string of the molecule is COc1cc2c(cc1OC)CCN(C(=O)[C@@H]1CCC[C@@H]1CN)CC2. The number of carbonyl (C=O) groups is 1. The lowest BCUT2D eigenvalue weighted by Crippen LogP contribution is -2.40. The first-order valence-corrected chi connectivity index (χ1v) is 8.90. The van der Waals surface area contributed by atoms with Crippen molar-refractivity contribution in [1.82, 2.24) is 4.90 Å². The predicted octanol–water partition coefficient (Wildman–Crippen LogP) is 2.01. The smallest absolute Gasteiger partial charge is 0.226 e. The molecule has 2 atom stereocenters. The molecule has 2 aliphatic rings. The second kappa shape index (κ2) is 7.43. The van der Waals surface area contributed by atoms with Gasteiger partial charge >= 0.3 is 0 Å². The Balaban J connectivity index is 1.74. The van der Waals surface area contributed by atoms with Crippen molar-refractivity contribution in [2.24, 2.45) is 17.6 Å². The number of nitrogens with zero attached hydrogens (tertiary/aromatic N) is 1. The molecular formula is C19H28N2O3. The molecule has 1 aromatic carbocycles. The number of hydrogen-bond acceptors (Lipinski definition) is 4. The molecule has 1 heterocycles. The zero-order valence-electron chi connectivity index (χ0n) is 14.7. The molecule has 5 nitrogen and oxygen atoms in total. The number of ether oxygens (including phenoxy) is 2. The maximum atomic E-state index is 12.9. The molecule has 1 saturated carbocycles. The van der Waals surface area contributed by atoms with Crippen molar-refractivity contribution in [2.75, 3.05) is 33.9 Å². The van der Waals surface area contributed by atoms with E-state index in [4.69, 9.17) is 15.2 Å². The minimum atomic E-state index is 0.125. The fourth-order valence-corrected chi connectivity index (χ4v) is 4.15. The number of methoxy groups -OCH3 is 2. The van der Waals surface area contributed by atoms with Gasteiger partial charge in [0.2, 0.25) is 5.91 Å². The van der Waals surface area contributed by atoms with Gasteiger partial charge in [0.1, 0.15) is 0 Å². The van der Waals surface area contributed by atoms with Crippen LogP contribution < -0.4 is 15.2 Å². The van der Waals surface area contributed by atoms with Gasteiger partial charge in [-0.2, -0.15) is 0 Å². The van der Waals surface area contributed by atoms with Gasteiger partial charge in [-0.25, -0.2) is 0 Å². The van der Waals surface area contributed by atoms with Crippen molar-refractivity contribution >= 4 is 5.91 Å². The molecular weight excluding hydrogens is 304 g/mol. The second-order valence-corrected chi connectivity index (χ2v) is 6.83. The molecule has 1 amide bonds. The molecule has 1 aromatic rings. The van der Waals surface area contributed by atoms with Crippen LogP contribution >= 0.6 is 0 Å². The maximum absolute atomic E-state index is 12.9. The average Bonchev–Trinajstić information content (AvgIpc) is 3.00. The third-order valence-corrected chi connectivity index (χ3v) is 5.60. The van der Waals surface area contributed by atoms with Gasteiger partial charge in [0.15, 0.2) is 11.5 Å². The summed E-state index contributed by atoms with van der Waals surface area (Å²) < 4.78 is 10.8. The number of benzene rings is 1. The monoisotopic (exact) mass is 332 g/mol. The molecule has 0 aromatic heterocycles. The summed E-state index contributed by atoms with van der Waals surface area (Å²) in [7, 11) is 3.31. The summed E-state index contributed by atoms with van der Waals surface area (Å²) >= 11 is 0. The third kappa shape index (κ3) is 3.22. The number of amides is 1. The first-order valence-electron chi connectivity index (χ1n) is 8.90. The van der Waals surface area contributed by atoms with Crippen molar-refractivity contribution in [3.63, 3.8) is 0 Å². The molecule has 1 aliphatic carbocycles. The minimum absolute atomic E-state index is 0.125. The van der Waals surface area contributed by atoms with Crippen molar-refractivity contribution in [2.45, 2.75) is 32.1 Å². The lowest BCUT2D eigenvalue weighted by molar-refractivity contribution is -0.136. The van der Waals surface area contributed by atoms with E-state index >= 15 is 0 Å². The number of nitrogens with two attached hydrogens (primary N) is 1. The van der Waals surface area contributed by atoms with Gasteiger partial charge in [0, 0.05) is 19.0 Å². The Kier molecular flexibility index (Phi) is 5.29. The van der Waals surface area contributed by atoms with Crippen molar-refractivity contribution in [3.05, 3.63) is 23.3 Å². The van der Waals surface area contributed by atoms with Gasteiger partial charge in [-0.3, -0.25) is 4.79 Å². The highest BCUT2D eigenvalue weighted by Gasteiger charge is 2.35. The Morgan fingerprint density at radius 2 is 1.71 bits per heavy atom. The number of rotatable bonds is 4. The van der Waals surface area contributed by atoms with E-state index in [0.717, 1.165) is 56.7 Å². The Hall–Kier alpha value is -1.75. The molecule has 1 fully saturated rings. The molecule has 0 bridgehead atoms. The van der Waals surface area contributed by atoms with Gasteiger partial charge in [0.25, 0.3) is 0 Å². The molecule has 0 unspecified atom stereocenters. The average molecular weight is 332 g/mol. The highest BCUT2D eigenvalue weighted by Crippen LogP contribution is 2.35. The molecule has 0 saturated heterocycles. The quantitative estimate of drug-likeness (QED) is 0.916. The van der Waals surface area contributed by atoms with Crippen LogP contribution in [0.1, 0.15) is 30.4 Å². The summed E-state index contributed by atoms with van der Waals surface area (Å²) in [6.45, 7) is 2.17. The summed E-state index contributed by atoms with van der Waals surface area (Å²) in [5.74, 6) is 2.31. The van der Waals surface area contributed by atoms with Crippen LogP contribution in [0.5, 0.6) is 11.5 Å². The van der Waals surface area contributed by atoms with Crippen LogP contribution in [0.3, 0.4) is 0 Å². The molecule has 2 N–H and O–H groups in total. The summed E-state index contributed by atoms with van der Waals surface area (Å²) in [5, 5.41) is 0. The first kappa shape index (κ1) is 17.1. The topological polar surface area (TPSA) is 64.8 Å². The standard InChI is InChI=1S/C19H28N2O3/c1-23-17-10-13-6-8-21(9-7-14(13)11-18(17)24-2)19(22)16-5-3-4-15(16)12-20/h10-11,15-16H,3-9,12,20H2,1-2H3/t15-,16-/m1/s1. The van der Waals surface area contributed by atoms with Crippen molar-refractivity contribution in [3.8, 4) is 11.5 Å². The summed E-state index contributed by atoms with van der Waals surface area (Å²) in [5.41, 5.74) is 8.37. The zero-order valence-corrected chi connectivity index (χ0v) is 14.7. The fourth-order valence-electron chi connectivity index (χ4n) is 4.15. The molecule has 3 rings (SSSR count). The molecule has 1 aliphatic heterocycles. The number of hydrogen-bond donors (Lipinski definition) is 1. The van der Waals surface area contributed by atoms with E-state index in [0.29, 0.717) is 18.4 Å². The van der Waals surface area contributed by atoms with E-state index < -0.39 is 0 Å². The van der Waals surface area contributed by atoms with Crippen LogP contribution in [-0.2, 0) is 17.6 Å². The van der Waals surface area contributed by atoms with Crippen LogP contribution in [0, 0.1) is 11.8 Å². The molecule has 0 radical (unpaired) electrons. The van der Waals surface area contributed by atoms with E-state index in [9.17, 15) is 4.79 Å². The van der Waals surface area contributed by atoms with Gasteiger partial charge in [-0.1, -0.05) is 6.42 Å². The number of carbonyl (C=O) groups excluding carboxylic acids is 1. The molecule has 0 spiro atoms. The fraction of sp³-hybridized carbons (Fsp3) is 0.632. The lowest BCUT2D eigenvalue weighted by atomic mass is 9.94. The number of fused-ring (bicyclic) bond motifs is 1. The maximum Gasteiger partial charge on any atom is 0.226 e. The van der Waals surface area contributed by atoms with Crippen LogP contribution in [-0.4, -0.2) is 44.7 Å². The Bertz CT molecular complexity index is 568. The van der Waals surface area contributed by atoms with Gasteiger partial charge in [0.05, 0.1) is 14.2 Å². The van der Waals surface area contributed by atoms with Crippen LogP contribution in [0.4, 0.5) is 0 Å². The zero-order chi connectivity index (χ0) is 17.1. The van der Waals surface area contributed by atoms with E-state index in [1.807, 2.05) is 4.90 Å². The van der Waals surface area contributed by atoms with Crippen LogP contribution in [0.15, 0.2) is 12.1 Å². The normalized spacial score (nSPS) is 23.5. The third-order valence-electron chi connectivity index (χ3n) is 5.60. The van der Waals surface area contributed by atoms with E-state index in [2.05, 4.69) is 12.1 Å². The molecule has 5 heteroatoms. The highest BCUT2D eigenvalue weighted by molar-refractivity contribution is 5.79. The first-order chi connectivity index (χ1) is 11.7.